The van der Waals surface area contributed by atoms with E-state index in [0.29, 0.717) is 60.4 Å². The third-order valence-electron chi connectivity index (χ3n) is 6.85. The number of ether oxygens (including phenoxy) is 2. The van der Waals surface area contributed by atoms with Crippen LogP contribution >= 0.6 is 11.6 Å². The van der Waals surface area contributed by atoms with Gasteiger partial charge in [0.05, 0.1) is 24.5 Å². The van der Waals surface area contributed by atoms with E-state index in [1.54, 1.807) is 55.0 Å². The zero-order chi connectivity index (χ0) is 28.8. The standard InChI is InChI=1S/C32H30ClN3O5/c1-2-40-27-19-24(11-14-26(27)41-20-22-7-4-3-5-8-22)29-28(30(37)23-9-12-25(33)13-10-23)31(38)32(39)36(29)17-6-16-35-18-15-34-21-35/h3-5,7-15,18-19,21,29,37H,2,6,16-17,20H2,1H3. The first-order chi connectivity index (χ1) is 20.0. The first-order valence-corrected chi connectivity index (χ1v) is 13.8. The molecule has 0 bridgehead atoms. The van der Waals surface area contributed by atoms with Crippen molar-refractivity contribution in [2.24, 2.45) is 0 Å². The molecule has 0 spiro atoms. The van der Waals surface area contributed by atoms with Crippen LogP contribution in [0.15, 0.2) is 97.1 Å². The molecule has 9 heteroatoms. The van der Waals surface area contributed by atoms with Crippen molar-refractivity contribution in [1.82, 2.24) is 14.5 Å². The summed E-state index contributed by atoms with van der Waals surface area (Å²) in [5.74, 6) is -0.652. The van der Waals surface area contributed by atoms with Crippen molar-refractivity contribution >= 4 is 29.1 Å². The minimum atomic E-state index is -0.823. The highest BCUT2D eigenvalue weighted by Gasteiger charge is 2.46. The van der Waals surface area contributed by atoms with Crippen LogP contribution in [0.3, 0.4) is 0 Å². The molecule has 8 nitrogen and oxygen atoms in total. The van der Waals surface area contributed by atoms with Gasteiger partial charge in [0.25, 0.3) is 11.7 Å². The summed E-state index contributed by atoms with van der Waals surface area (Å²) in [5.41, 5.74) is 2.04. The van der Waals surface area contributed by atoms with Crippen molar-refractivity contribution in [2.75, 3.05) is 13.2 Å². The molecule has 0 saturated carbocycles. The molecule has 1 aliphatic rings. The van der Waals surface area contributed by atoms with Gasteiger partial charge in [-0.3, -0.25) is 9.59 Å². The number of aromatic nitrogens is 2. The lowest BCUT2D eigenvalue weighted by molar-refractivity contribution is -0.139. The van der Waals surface area contributed by atoms with Crippen molar-refractivity contribution in [1.29, 1.82) is 0 Å². The number of carbonyl (C=O) groups excluding carboxylic acids is 2. The maximum Gasteiger partial charge on any atom is 0.295 e. The third kappa shape index (κ3) is 6.28. The zero-order valence-electron chi connectivity index (χ0n) is 22.6. The maximum atomic E-state index is 13.4. The molecular weight excluding hydrogens is 542 g/mol. The van der Waals surface area contributed by atoms with Gasteiger partial charge in [0.15, 0.2) is 11.5 Å². The number of benzene rings is 3. The van der Waals surface area contributed by atoms with Gasteiger partial charge in [-0.25, -0.2) is 4.98 Å². The lowest BCUT2D eigenvalue weighted by Crippen LogP contribution is -2.31. The van der Waals surface area contributed by atoms with Crippen LogP contribution in [0.5, 0.6) is 11.5 Å². The van der Waals surface area contributed by atoms with Gasteiger partial charge in [-0.15, -0.1) is 0 Å². The normalized spacial score (nSPS) is 16.2. The van der Waals surface area contributed by atoms with Crippen molar-refractivity contribution in [2.45, 2.75) is 32.5 Å². The van der Waals surface area contributed by atoms with E-state index in [0.717, 1.165) is 5.56 Å². The lowest BCUT2D eigenvalue weighted by Gasteiger charge is -2.26. The molecule has 1 fully saturated rings. The summed E-state index contributed by atoms with van der Waals surface area (Å²) >= 11 is 6.04. The van der Waals surface area contributed by atoms with Crippen molar-refractivity contribution < 1.29 is 24.2 Å². The number of amides is 1. The Kier molecular flexibility index (Phi) is 8.70. The average molecular weight is 572 g/mol. The van der Waals surface area contributed by atoms with E-state index in [4.69, 9.17) is 21.1 Å². The fraction of sp³-hybridized carbons (Fsp3) is 0.219. The van der Waals surface area contributed by atoms with Gasteiger partial charge in [0.2, 0.25) is 0 Å². The number of carbonyl (C=O) groups is 2. The van der Waals surface area contributed by atoms with E-state index in [-0.39, 0.29) is 11.3 Å². The number of hydrogen-bond donors (Lipinski definition) is 1. The smallest absolute Gasteiger partial charge is 0.295 e. The molecular formula is C32H30ClN3O5. The zero-order valence-corrected chi connectivity index (χ0v) is 23.3. The number of imidazole rings is 1. The molecule has 41 heavy (non-hydrogen) atoms. The number of nitrogens with zero attached hydrogens (tertiary/aromatic N) is 3. The number of rotatable bonds is 11. The van der Waals surface area contributed by atoms with Crippen molar-refractivity contribution in [3.63, 3.8) is 0 Å². The number of Topliss-reactive ketones (excluding diaryl/α,β-unsaturated/α-hetero) is 1. The number of aliphatic hydroxyl groups is 1. The highest BCUT2D eigenvalue weighted by molar-refractivity contribution is 6.46. The second-order valence-corrected chi connectivity index (χ2v) is 10.0. The Balaban J connectivity index is 1.52. The van der Waals surface area contributed by atoms with E-state index in [1.807, 2.05) is 48.0 Å². The van der Waals surface area contributed by atoms with Crippen LogP contribution in [0.1, 0.15) is 36.1 Å². The molecule has 1 aliphatic heterocycles. The van der Waals surface area contributed by atoms with Gasteiger partial charge in [-0.05, 0) is 60.9 Å². The molecule has 1 amide bonds. The molecule has 1 atom stereocenters. The van der Waals surface area contributed by atoms with Crippen molar-refractivity contribution in [3.05, 3.63) is 119 Å². The number of hydrogen-bond acceptors (Lipinski definition) is 6. The minimum absolute atomic E-state index is 0.0142. The van der Waals surface area contributed by atoms with Gasteiger partial charge in [0, 0.05) is 36.1 Å². The van der Waals surface area contributed by atoms with Crippen LogP contribution in [0.25, 0.3) is 5.76 Å². The van der Waals surface area contributed by atoms with Gasteiger partial charge in [-0.2, -0.15) is 0 Å². The summed E-state index contributed by atoms with van der Waals surface area (Å²) in [6.45, 7) is 3.52. The summed E-state index contributed by atoms with van der Waals surface area (Å²) < 4.78 is 13.9. The largest absolute Gasteiger partial charge is 0.507 e. The first-order valence-electron chi connectivity index (χ1n) is 13.4. The maximum absolute atomic E-state index is 13.4. The Labute approximate surface area is 243 Å². The number of likely N-dealkylation sites (tertiary alicyclic amines) is 1. The molecule has 5 rings (SSSR count). The summed E-state index contributed by atoms with van der Waals surface area (Å²) in [6.07, 6.45) is 5.82. The topological polar surface area (TPSA) is 93.9 Å². The monoisotopic (exact) mass is 571 g/mol. The molecule has 0 aliphatic carbocycles. The van der Waals surface area contributed by atoms with Gasteiger partial charge in [-0.1, -0.05) is 48.0 Å². The van der Waals surface area contributed by atoms with Crippen LogP contribution < -0.4 is 9.47 Å². The molecule has 1 aromatic heterocycles. The average Bonchev–Trinajstić information content (AvgIpc) is 3.59. The number of ketones is 1. The first kappa shape index (κ1) is 28.0. The van der Waals surface area contributed by atoms with Crippen LogP contribution in [-0.2, 0) is 22.7 Å². The third-order valence-corrected chi connectivity index (χ3v) is 7.10. The van der Waals surface area contributed by atoms with Gasteiger partial charge in [0.1, 0.15) is 12.4 Å². The summed E-state index contributed by atoms with van der Waals surface area (Å²) in [7, 11) is 0. The molecule has 4 aromatic rings. The quantitative estimate of drug-likeness (QED) is 0.134. The summed E-state index contributed by atoms with van der Waals surface area (Å²) in [5, 5.41) is 11.8. The molecule has 2 heterocycles. The van der Waals surface area contributed by atoms with E-state index in [2.05, 4.69) is 4.98 Å². The molecule has 1 saturated heterocycles. The van der Waals surface area contributed by atoms with Gasteiger partial charge >= 0.3 is 0 Å². The molecule has 1 N–H and O–H groups in total. The van der Waals surface area contributed by atoms with Crippen LogP contribution in [0.4, 0.5) is 0 Å². The van der Waals surface area contributed by atoms with E-state index >= 15 is 0 Å². The van der Waals surface area contributed by atoms with E-state index in [9.17, 15) is 14.7 Å². The summed E-state index contributed by atoms with van der Waals surface area (Å²) in [6, 6.07) is 20.8. The Morgan fingerprint density at radius 3 is 2.46 bits per heavy atom. The predicted octanol–water partition coefficient (Wildman–Crippen LogP) is 6.03. The van der Waals surface area contributed by atoms with Crippen LogP contribution in [0, 0.1) is 0 Å². The molecule has 0 radical (unpaired) electrons. The highest BCUT2D eigenvalue weighted by atomic mass is 35.5. The van der Waals surface area contributed by atoms with E-state index < -0.39 is 17.7 Å². The Hall–Kier alpha value is -4.56. The number of aliphatic hydroxyl groups excluding tert-OH is 1. The Morgan fingerprint density at radius 1 is 0.976 bits per heavy atom. The highest BCUT2D eigenvalue weighted by Crippen LogP contribution is 2.42. The fourth-order valence-electron chi connectivity index (χ4n) is 4.88. The number of halogens is 1. The fourth-order valence-corrected chi connectivity index (χ4v) is 5.01. The number of aryl methyl sites for hydroxylation is 1. The van der Waals surface area contributed by atoms with Crippen molar-refractivity contribution in [3.8, 4) is 11.5 Å². The second kappa shape index (κ2) is 12.7. The second-order valence-electron chi connectivity index (χ2n) is 9.57. The molecule has 3 aromatic carbocycles. The Bertz CT molecular complexity index is 1540. The summed E-state index contributed by atoms with van der Waals surface area (Å²) in [4.78, 5) is 32.3. The van der Waals surface area contributed by atoms with Gasteiger partial charge < -0.3 is 24.0 Å². The Morgan fingerprint density at radius 2 is 1.76 bits per heavy atom. The van der Waals surface area contributed by atoms with Crippen LogP contribution in [0.2, 0.25) is 5.02 Å². The molecule has 210 valence electrons. The minimum Gasteiger partial charge on any atom is -0.507 e. The predicted molar refractivity (Wildman–Crippen MR) is 156 cm³/mol. The van der Waals surface area contributed by atoms with Crippen LogP contribution in [-0.4, -0.2) is 44.4 Å². The molecule has 1 unspecified atom stereocenters. The van der Waals surface area contributed by atoms with E-state index in [1.165, 1.54) is 4.90 Å². The lowest BCUT2D eigenvalue weighted by atomic mass is 9.95. The SMILES string of the molecule is CCOc1cc(C2C(=C(O)c3ccc(Cl)cc3)C(=O)C(=O)N2CCCn2ccnc2)ccc1OCc1ccccc1.